The number of carbonyl (C=O) groups excluding carboxylic acids is 2. The van der Waals surface area contributed by atoms with E-state index in [0.29, 0.717) is 29.8 Å². The Morgan fingerprint density at radius 2 is 1.44 bits per heavy atom. The van der Waals surface area contributed by atoms with Gasteiger partial charge in [-0.2, -0.15) is 0 Å². The molecule has 7 heteroatoms. The third kappa shape index (κ3) is 7.55. The number of rotatable bonds is 10. The first-order chi connectivity index (χ1) is 20.8. The Balaban J connectivity index is 1.48. The van der Waals surface area contributed by atoms with Gasteiger partial charge in [0.15, 0.2) is 0 Å². The van der Waals surface area contributed by atoms with Gasteiger partial charge in [-0.15, -0.1) is 0 Å². The summed E-state index contributed by atoms with van der Waals surface area (Å²) in [5.41, 5.74) is 7.39. The number of anilines is 1. The average Bonchev–Trinajstić information content (AvgIpc) is 3.50. The molecule has 0 bridgehead atoms. The molecule has 0 aromatic heterocycles. The smallest absolute Gasteiger partial charge is 0.338 e. The largest absolute Gasteiger partial charge is 0.488 e. The maximum Gasteiger partial charge on any atom is 0.338 e. The summed E-state index contributed by atoms with van der Waals surface area (Å²) in [4.78, 5) is 25.5. The van der Waals surface area contributed by atoms with Gasteiger partial charge in [0.05, 0.1) is 5.56 Å². The van der Waals surface area contributed by atoms with Gasteiger partial charge in [-0.25, -0.2) is 13.6 Å². The normalized spacial score (nSPS) is 12.7. The van der Waals surface area contributed by atoms with Crippen LogP contribution in [0.25, 0.3) is 11.1 Å². The second-order valence-electron chi connectivity index (χ2n) is 10.6. The Hall–Kier alpha value is -4.78. The van der Waals surface area contributed by atoms with Crippen LogP contribution in [0.15, 0.2) is 84.9 Å². The van der Waals surface area contributed by atoms with E-state index in [0.717, 1.165) is 58.4 Å². The lowest BCUT2D eigenvalue weighted by atomic mass is 9.94. The minimum Gasteiger partial charge on any atom is -0.488 e. The highest BCUT2D eigenvalue weighted by atomic mass is 19.1. The molecule has 1 N–H and O–H groups in total. The first kappa shape index (κ1) is 29.7. The number of nitrogens with one attached hydrogen (secondary N) is 1. The summed E-state index contributed by atoms with van der Waals surface area (Å²) in [5, 5.41) is 2.89. The number of hydrogen-bond donors (Lipinski definition) is 1. The molecule has 43 heavy (non-hydrogen) atoms. The minimum absolute atomic E-state index is 0.00795. The van der Waals surface area contributed by atoms with Crippen LogP contribution in [0.2, 0.25) is 0 Å². The van der Waals surface area contributed by atoms with Gasteiger partial charge in [0.2, 0.25) is 5.91 Å². The molecule has 0 spiro atoms. The highest BCUT2D eigenvalue weighted by Gasteiger charge is 2.23. The van der Waals surface area contributed by atoms with Crippen molar-refractivity contribution in [2.45, 2.75) is 52.7 Å². The fourth-order valence-electron chi connectivity index (χ4n) is 5.16. The fraction of sp³-hybridized carbons (Fsp3) is 0.222. The standard InChI is InChI=1S/C36H33F2NO4/c1-3-35(40)39-30-19-26(18-27(20-30)36(41)43-22-25-10-14-29(38)15-11-25)31-5-4-6-32(31)33-17-23(2)7-16-34(33)42-21-24-8-12-28(37)13-9-24/h7-20H,3-6,21-22H2,1-2H3,(H,39,40). The number of amides is 1. The van der Waals surface area contributed by atoms with Gasteiger partial charge < -0.3 is 14.8 Å². The van der Waals surface area contributed by atoms with Crippen LogP contribution in [-0.2, 0) is 22.7 Å². The molecule has 4 aromatic carbocycles. The molecule has 0 heterocycles. The number of benzene rings is 4. The molecule has 1 amide bonds. The molecule has 0 radical (unpaired) electrons. The fourth-order valence-corrected chi connectivity index (χ4v) is 5.16. The average molecular weight is 582 g/mol. The molecule has 1 aliphatic rings. The van der Waals surface area contributed by atoms with Crippen LogP contribution in [0, 0.1) is 18.6 Å². The van der Waals surface area contributed by atoms with E-state index < -0.39 is 5.97 Å². The van der Waals surface area contributed by atoms with Crippen molar-refractivity contribution >= 4 is 28.7 Å². The lowest BCUT2D eigenvalue weighted by Gasteiger charge is -2.17. The molecule has 5 nitrogen and oxygen atoms in total. The number of esters is 1. The Labute approximate surface area is 250 Å². The van der Waals surface area contributed by atoms with Gasteiger partial charge in [-0.1, -0.05) is 42.8 Å². The summed E-state index contributed by atoms with van der Waals surface area (Å²) < 4.78 is 38.5. The molecule has 1 aliphatic carbocycles. The third-order valence-corrected chi connectivity index (χ3v) is 7.39. The van der Waals surface area contributed by atoms with Crippen LogP contribution >= 0.6 is 0 Å². The van der Waals surface area contributed by atoms with E-state index in [9.17, 15) is 18.4 Å². The van der Waals surface area contributed by atoms with Crippen LogP contribution in [0.5, 0.6) is 5.75 Å². The molecule has 0 atom stereocenters. The number of aryl methyl sites for hydroxylation is 1. The van der Waals surface area contributed by atoms with E-state index in [1.807, 2.05) is 25.1 Å². The number of ether oxygens (including phenoxy) is 2. The van der Waals surface area contributed by atoms with Crippen molar-refractivity contribution < 1.29 is 27.8 Å². The molecule has 5 rings (SSSR count). The van der Waals surface area contributed by atoms with Crippen LogP contribution in [-0.4, -0.2) is 11.9 Å². The highest BCUT2D eigenvalue weighted by Crippen LogP contribution is 2.44. The van der Waals surface area contributed by atoms with Gasteiger partial charge in [-0.3, -0.25) is 4.79 Å². The molecule has 0 fully saturated rings. The zero-order valence-electron chi connectivity index (χ0n) is 24.2. The van der Waals surface area contributed by atoms with Gasteiger partial charge >= 0.3 is 5.97 Å². The van der Waals surface area contributed by atoms with Gasteiger partial charge in [0.25, 0.3) is 0 Å². The van der Waals surface area contributed by atoms with Crippen molar-refractivity contribution in [1.29, 1.82) is 0 Å². The molecule has 220 valence electrons. The second-order valence-corrected chi connectivity index (χ2v) is 10.6. The molecule has 0 saturated carbocycles. The number of hydrogen-bond acceptors (Lipinski definition) is 4. The first-order valence-corrected chi connectivity index (χ1v) is 14.4. The first-order valence-electron chi connectivity index (χ1n) is 14.4. The highest BCUT2D eigenvalue weighted by molar-refractivity contribution is 5.99. The predicted molar refractivity (Wildman–Crippen MR) is 163 cm³/mol. The zero-order chi connectivity index (χ0) is 30.3. The van der Waals surface area contributed by atoms with E-state index in [1.165, 1.54) is 24.3 Å². The quantitative estimate of drug-likeness (QED) is 0.190. The van der Waals surface area contributed by atoms with E-state index in [2.05, 4.69) is 11.4 Å². The zero-order valence-corrected chi connectivity index (χ0v) is 24.2. The second kappa shape index (κ2) is 13.5. The van der Waals surface area contributed by atoms with Crippen LogP contribution in [0.4, 0.5) is 14.5 Å². The number of carbonyl (C=O) groups is 2. The van der Waals surface area contributed by atoms with E-state index in [-0.39, 0.29) is 24.1 Å². The molecule has 0 aliphatic heterocycles. The Morgan fingerprint density at radius 1 is 0.791 bits per heavy atom. The predicted octanol–water partition coefficient (Wildman–Crippen LogP) is 8.65. The van der Waals surface area contributed by atoms with Crippen molar-refractivity contribution in [1.82, 2.24) is 0 Å². The number of allylic oxidation sites excluding steroid dienone is 2. The maximum atomic E-state index is 13.4. The van der Waals surface area contributed by atoms with Gasteiger partial charge in [-0.05, 0) is 109 Å². The summed E-state index contributed by atoms with van der Waals surface area (Å²) in [7, 11) is 0. The SMILES string of the molecule is CCC(=O)Nc1cc(C(=O)OCc2ccc(F)cc2)cc(C2=C(c3cc(C)ccc3OCc3ccc(F)cc3)CCC2)c1. The summed E-state index contributed by atoms with van der Waals surface area (Å²) >= 11 is 0. The van der Waals surface area contributed by atoms with Crippen LogP contribution in [0.1, 0.15) is 70.8 Å². The van der Waals surface area contributed by atoms with Crippen LogP contribution in [0.3, 0.4) is 0 Å². The van der Waals surface area contributed by atoms with Crippen molar-refractivity contribution in [2.24, 2.45) is 0 Å². The van der Waals surface area contributed by atoms with E-state index >= 15 is 0 Å². The van der Waals surface area contributed by atoms with Crippen molar-refractivity contribution in [3.8, 4) is 5.75 Å². The lowest BCUT2D eigenvalue weighted by molar-refractivity contribution is -0.115. The summed E-state index contributed by atoms with van der Waals surface area (Å²) in [6.45, 7) is 4.08. The molecular weight excluding hydrogens is 548 g/mol. The summed E-state index contributed by atoms with van der Waals surface area (Å²) in [6.07, 6.45) is 2.82. The van der Waals surface area contributed by atoms with Gasteiger partial charge in [0, 0.05) is 17.7 Å². The Kier molecular flexibility index (Phi) is 9.30. The summed E-state index contributed by atoms with van der Waals surface area (Å²) in [5.74, 6) is -0.650. The monoisotopic (exact) mass is 581 g/mol. The van der Waals surface area contributed by atoms with E-state index in [1.54, 1.807) is 43.3 Å². The van der Waals surface area contributed by atoms with E-state index in [4.69, 9.17) is 9.47 Å². The van der Waals surface area contributed by atoms with Crippen molar-refractivity contribution in [3.05, 3.63) is 130 Å². The van der Waals surface area contributed by atoms with Crippen LogP contribution < -0.4 is 10.1 Å². The molecule has 0 saturated heterocycles. The maximum absolute atomic E-state index is 13.4. The van der Waals surface area contributed by atoms with Gasteiger partial charge in [0.1, 0.15) is 30.6 Å². The summed E-state index contributed by atoms with van der Waals surface area (Å²) in [6, 6.07) is 23.4. The minimum atomic E-state index is -0.544. The molecule has 4 aromatic rings. The molecule has 0 unspecified atom stereocenters. The third-order valence-electron chi connectivity index (χ3n) is 7.39. The Morgan fingerprint density at radius 3 is 2.12 bits per heavy atom. The topological polar surface area (TPSA) is 64.6 Å². The van der Waals surface area contributed by atoms with Crippen molar-refractivity contribution in [3.63, 3.8) is 0 Å². The lowest BCUT2D eigenvalue weighted by Crippen LogP contribution is -2.12. The van der Waals surface area contributed by atoms with Crippen molar-refractivity contribution in [2.75, 3.05) is 5.32 Å². The number of halogens is 2. The Bertz CT molecular complexity index is 1660. The molecular formula is C36H33F2NO4.